The Balaban J connectivity index is 2.99. The number of halogens is 3. The predicted molar refractivity (Wildman–Crippen MR) is 61.4 cm³/mol. The first-order valence-electron chi connectivity index (χ1n) is 5.17. The van der Waals surface area contributed by atoms with E-state index in [0.29, 0.717) is 12.0 Å². The molecule has 0 aliphatic carbocycles. The van der Waals surface area contributed by atoms with Gasteiger partial charge < -0.3 is 15.2 Å². The molecule has 6 heteroatoms. The molecule has 0 fully saturated rings. The van der Waals surface area contributed by atoms with Crippen LogP contribution >= 0.6 is 0 Å². The Morgan fingerprint density at radius 2 is 2.11 bits per heavy atom. The molecule has 1 aromatic rings. The van der Waals surface area contributed by atoms with Crippen molar-refractivity contribution in [2.24, 2.45) is 5.73 Å². The Labute approximate surface area is 103 Å². The van der Waals surface area contributed by atoms with Crippen molar-refractivity contribution >= 4 is 0 Å². The second-order valence-electron chi connectivity index (χ2n) is 3.58. The minimum absolute atomic E-state index is 0.256. The van der Waals surface area contributed by atoms with Crippen LogP contribution in [0.1, 0.15) is 18.0 Å². The highest BCUT2D eigenvalue weighted by molar-refractivity contribution is 5.42. The average Bonchev–Trinajstić information content (AvgIpc) is 2.27. The van der Waals surface area contributed by atoms with Crippen LogP contribution in [0.4, 0.5) is 13.2 Å². The summed E-state index contributed by atoms with van der Waals surface area (Å²) in [5.74, 6) is -0.0833. The number of hydrogen-bond acceptors (Lipinski definition) is 3. The van der Waals surface area contributed by atoms with Crippen LogP contribution in [0.5, 0.6) is 11.5 Å². The van der Waals surface area contributed by atoms with E-state index in [0.717, 1.165) is 6.07 Å². The first-order valence-corrected chi connectivity index (χ1v) is 5.17. The van der Waals surface area contributed by atoms with Gasteiger partial charge in [0.15, 0.2) is 0 Å². The summed E-state index contributed by atoms with van der Waals surface area (Å²) in [6, 6.07) is 3.44. The zero-order chi connectivity index (χ0) is 13.8. The van der Waals surface area contributed by atoms with Gasteiger partial charge in [-0.2, -0.15) is 0 Å². The number of alkyl halides is 3. The molecular weight excluding hydrogens is 247 g/mol. The Bertz CT molecular complexity index is 418. The molecule has 0 saturated carbocycles. The van der Waals surface area contributed by atoms with E-state index < -0.39 is 6.36 Å². The van der Waals surface area contributed by atoms with Gasteiger partial charge in [-0.15, -0.1) is 19.8 Å². The van der Waals surface area contributed by atoms with Gasteiger partial charge in [-0.1, -0.05) is 12.1 Å². The van der Waals surface area contributed by atoms with Crippen LogP contribution in [-0.2, 0) is 0 Å². The van der Waals surface area contributed by atoms with Crippen molar-refractivity contribution in [2.75, 3.05) is 7.11 Å². The number of hydrogen-bond donors (Lipinski definition) is 1. The van der Waals surface area contributed by atoms with Crippen LogP contribution in [0.15, 0.2) is 30.9 Å². The number of methoxy groups -OCH3 is 1. The highest BCUT2D eigenvalue weighted by atomic mass is 19.4. The van der Waals surface area contributed by atoms with Crippen LogP contribution in [-0.4, -0.2) is 13.5 Å². The molecule has 0 unspecified atom stereocenters. The van der Waals surface area contributed by atoms with E-state index in [1.807, 2.05) is 0 Å². The van der Waals surface area contributed by atoms with Gasteiger partial charge in [0, 0.05) is 17.7 Å². The van der Waals surface area contributed by atoms with Crippen LogP contribution in [0.3, 0.4) is 0 Å². The van der Waals surface area contributed by atoms with Crippen molar-refractivity contribution in [3.63, 3.8) is 0 Å². The predicted octanol–water partition coefficient (Wildman–Crippen LogP) is 3.17. The first-order chi connectivity index (χ1) is 8.37. The Morgan fingerprint density at radius 3 is 2.61 bits per heavy atom. The van der Waals surface area contributed by atoms with E-state index in [1.165, 1.54) is 19.2 Å². The Kier molecular flexibility index (Phi) is 4.61. The molecule has 1 aromatic carbocycles. The Morgan fingerprint density at radius 1 is 1.44 bits per heavy atom. The molecule has 1 atom stereocenters. The third-order valence-corrected chi connectivity index (χ3v) is 2.26. The number of benzene rings is 1. The summed E-state index contributed by atoms with van der Waals surface area (Å²) in [4.78, 5) is 0. The van der Waals surface area contributed by atoms with E-state index >= 15 is 0 Å². The normalized spacial score (nSPS) is 12.9. The molecule has 0 radical (unpaired) electrons. The van der Waals surface area contributed by atoms with E-state index in [-0.39, 0.29) is 17.5 Å². The molecule has 0 saturated heterocycles. The summed E-state index contributed by atoms with van der Waals surface area (Å²) in [6.07, 6.45) is -2.60. The minimum Gasteiger partial charge on any atom is -0.496 e. The number of rotatable bonds is 5. The summed E-state index contributed by atoms with van der Waals surface area (Å²) >= 11 is 0. The fraction of sp³-hybridized carbons (Fsp3) is 0.333. The van der Waals surface area contributed by atoms with Crippen LogP contribution in [0.2, 0.25) is 0 Å². The molecule has 0 amide bonds. The third kappa shape index (κ3) is 3.96. The highest BCUT2D eigenvalue weighted by Gasteiger charge is 2.31. The van der Waals surface area contributed by atoms with Crippen molar-refractivity contribution in [2.45, 2.75) is 18.8 Å². The number of ether oxygens (including phenoxy) is 2. The molecule has 2 N–H and O–H groups in total. The van der Waals surface area contributed by atoms with Gasteiger partial charge >= 0.3 is 6.36 Å². The maximum atomic E-state index is 12.1. The standard InChI is InChI=1S/C12H14F3NO2/c1-3-4-10(16)9-6-5-8(7-11(9)17-2)18-12(13,14)15/h3,5-7,10H,1,4,16H2,2H3/t10-/m0/s1. The summed E-state index contributed by atoms with van der Waals surface area (Å²) < 4.78 is 45.0. The third-order valence-electron chi connectivity index (χ3n) is 2.26. The first kappa shape index (κ1) is 14.4. The molecule has 0 aromatic heterocycles. The number of nitrogens with two attached hydrogens (primary N) is 1. The SMILES string of the molecule is C=CC[C@H](N)c1ccc(OC(F)(F)F)cc1OC. The lowest BCUT2D eigenvalue weighted by atomic mass is 10.0. The second-order valence-corrected chi connectivity index (χ2v) is 3.58. The van der Waals surface area contributed by atoms with Crippen LogP contribution in [0.25, 0.3) is 0 Å². The lowest BCUT2D eigenvalue weighted by Crippen LogP contribution is -2.17. The topological polar surface area (TPSA) is 44.5 Å². The van der Waals surface area contributed by atoms with Crippen molar-refractivity contribution in [3.8, 4) is 11.5 Å². The molecule has 1 rings (SSSR count). The zero-order valence-corrected chi connectivity index (χ0v) is 9.83. The van der Waals surface area contributed by atoms with Crippen molar-refractivity contribution in [1.82, 2.24) is 0 Å². The lowest BCUT2D eigenvalue weighted by Gasteiger charge is -2.16. The van der Waals surface area contributed by atoms with Gasteiger partial charge in [-0.3, -0.25) is 0 Å². The van der Waals surface area contributed by atoms with E-state index in [1.54, 1.807) is 6.08 Å². The van der Waals surface area contributed by atoms with Crippen LogP contribution < -0.4 is 15.2 Å². The van der Waals surface area contributed by atoms with Gasteiger partial charge in [0.1, 0.15) is 11.5 Å². The van der Waals surface area contributed by atoms with E-state index in [9.17, 15) is 13.2 Å². The quantitative estimate of drug-likeness (QED) is 0.828. The molecule has 0 bridgehead atoms. The van der Waals surface area contributed by atoms with Gasteiger partial charge in [-0.05, 0) is 12.5 Å². The van der Waals surface area contributed by atoms with E-state index in [4.69, 9.17) is 10.5 Å². The van der Waals surface area contributed by atoms with Crippen molar-refractivity contribution < 1.29 is 22.6 Å². The Hall–Kier alpha value is -1.69. The fourth-order valence-corrected chi connectivity index (χ4v) is 1.50. The van der Waals surface area contributed by atoms with Crippen molar-refractivity contribution in [1.29, 1.82) is 0 Å². The van der Waals surface area contributed by atoms with Gasteiger partial charge in [0.05, 0.1) is 7.11 Å². The summed E-state index contributed by atoms with van der Waals surface area (Å²) in [6.45, 7) is 3.55. The lowest BCUT2D eigenvalue weighted by molar-refractivity contribution is -0.274. The maximum Gasteiger partial charge on any atom is 0.573 e. The van der Waals surface area contributed by atoms with Gasteiger partial charge in [-0.25, -0.2) is 0 Å². The molecule has 18 heavy (non-hydrogen) atoms. The van der Waals surface area contributed by atoms with Crippen molar-refractivity contribution in [3.05, 3.63) is 36.4 Å². The minimum atomic E-state index is -4.73. The summed E-state index contributed by atoms with van der Waals surface area (Å²) in [7, 11) is 1.36. The second kappa shape index (κ2) is 5.77. The smallest absolute Gasteiger partial charge is 0.496 e. The van der Waals surface area contributed by atoms with Crippen LogP contribution in [0, 0.1) is 0 Å². The summed E-state index contributed by atoms with van der Waals surface area (Å²) in [5, 5.41) is 0. The fourth-order valence-electron chi connectivity index (χ4n) is 1.50. The molecule has 100 valence electrons. The molecule has 3 nitrogen and oxygen atoms in total. The highest BCUT2D eigenvalue weighted by Crippen LogP contribution is 2.32. The monoisotopic (exact) mass is 261 g/mol. The van der Waals surface area contributed by atoms with Gasteiger partial charge in [0.2, 0.25) is 0 Å². The summed E-state index contributed by atoms with van der Waals surface area (Å²) in [5.41, 5.74) is 6.45. The molecule has 0 aliphatic heterocycles. The molecule has 0 spiro atoms. The zero-order valence-electron chi connectivity index (χ0n) is 9.83. The van der Waals surface area contributed by atoms with Gasteiger partial charge in [0.25, 0.3) is 0 Å². The average molecular weight is 261 g/mol. The molecular formula is C12H14F3NO2. The largest absolute Gasteiger partial charge is 0.573 e. The molecule has 0 heterocycles. The van der Waals surface area contributed by atoms with E-state index in [2.05, 4.69) is 11.3 Å². The molecule has 0 aliphatic rings. The maximum absolute atomic E-state index is 12.1.